The molecule has 0 bridgehead atoms. The standard InChI is InChI=1S/C21H18ClN3O/c22-17-5-7-18(8-6-17)24-19-9-11-23-20(13-19)21(26)25-12-10-15-3-1-2-4-16(15)14-25/h1-9,11,13H,10,12,14H2,(H,23,24). The number of rotatable bonds is 3. The van der Waals surface area contributed by atoms with Crippen LogP contribution in [0.25, 0.3) is 0 Å². The second-order valence-electron chi connectivity index (χ2n) is 6.31. The topological polar surface area (TPSA) is 45.2 Å². The van der Waals surface area contributed by atoms with Crippen molar-refractivity contribution >= 4 is 28.9 Å². The Morgan fingerprint density at radius 2 is 1.77 bits per heavy atom. The zero-order valence-corrected chi connectivity index (χ0v) is 14.9. The molecule has 1 aliphatic heterocycles. The van der Waals surface area contributed by atoms with E-state index in [-0.39, 0.29) is 5.91 Å². The molecule has 26 heavy (non-hydrogen) atoms. The number of fused-ring (bicyclic) bond motifs is 1. The predicted octanol–water partition coefficient (Wildman–Crippen LogP) is 4.68. The van der Waals surface area contributed by atoms with E-state index in [9.17, 15) is 4.79 Å². The minimum absolute atomic E-state index is 0.0424. The molecule has 4 rings (SSSR count). The van der Waals surface area contributed by atoms with E-state index in [0.717, 1.165) is 17.8 Å². The molecule has 0 fully saturated rings. The maximum absolute atomic E-state index is 12.9. The van der Waals surface area contributed by atoms with Crippen LogP contribution in [-0.4, -0.2) is 22.3 Å². The van der Waals surface area contributed by atoms with Gasteiger partial charge >= 0.3 is 0 Å². The molecule has 2 aromatic carbocycles. The van der Waals surface area contributed by atoms with E-state index in [2.05, 4.69) is 22.4 Å². The third-order valence-corrected chi connectivity index (χ3v) is 4.78. The van der Waals surface area contributed by atoms with Crippen LogP contribution in [0.3, 0.4) is 0 Å². The van der Waals surface area contributed by atoms with Gasteiger partial charge in [-0.1, -0.05) is 35.9 Å². The van der Waals surface area contributed by atoms with E-state index >= 15 is 0 Å². The van der Waals surface area contributed by atoms with Crippen LogP contribution in [0, 0.1) is 0 Å². The summed E-state index contributed by atoms with van der Waals surface area (Å²) in [7, 11) is 0. The van der Waals surface area contributed by atoms with Gasteiger partial charge in [0, 0.05) is 35.7 Å². The molecule has 3 aromatic rings. The smallest absolute Gasteiger partial charge is 0.272 e. The quantitative estimate of drug-likeness (QED) is 0.735. The first-order valence-corrected chi connectivity index (χ1v) is 8.91. The summed E-state index contributed by atoms with van der Waals surface area (Å²) in [6.07, 6.45) is 2.54. The van der Waals surface area contributed by atoms with Crippen molar-refractivity contribution in [2.45, 2.75) is 13.0 Å². The number of carbonyl (C=O) groups is 1. The third kappa shape index (κ3) is 3.55. The SMILES string of the molecule is O=C(c1cc(Nc2ccc(Cl)cc2)ccn1)N1CCc2ccccc2C1. The number of benzene rings is 2. The monoisotopic (exact) mass is 363 g/mol. The fourth-order valence-electron chi connectivity index (χ4n) is 3.16. The van der Waals surface area contributed by atoms with E-state index in [4.69, 9.17) is 11.6 Å². The molecule has 0 unspecified atom stereocenters. The molecule has 5 heteroatoms. The second kappa shape index (κ2) is 7.18. The number of hydrogen-bond donors (Lipinski definition) is 1. The van der Waals surface area contributed by atoms with Gasteiger partial charge in [0.2, 0.25) is 0 Å². The van der Waals surface area contributed by atoms with Crippen molar-refractivity contribution in [3.8, 4) is 0 Å². The summed E-state index contributed by atoms with van der Waals surface area (Å²) < 4.78 is 0. The Hall–Kier alpha value is -2.85. The Morgan fingerprint density at radius 1 is 1.00 bits per heavy atom. The average molecular weight is 364 g/mol. The molecular formula is C21H18ClN3O. The summed E-state index contributed by atoms with van der Waals surface area (Å²) in [6, 6.07) is 19.3. The maximum Gasteiger partial charge on any atom is 0.272 e. The van der Waals surface area contributed by atoms with Crippen LogP contribution in [0.15, 0.2) is 66.9 Å². The van der Waals surface area contributed by atoms with E-state index in [1.807, 2.05) is 47.4 Å². The van der Waals surface area contributed by atoms with E-state index in [0.29, 0.717) is 23.8 Å². The minimum Gasteiger partial charge on any atom is -0.355 e. The van der Waals surface area contributed by atoms with E-state index in [1.54, 1.807) is 12.3 Å². The number of pyridine rings is 1. The number of carbonyl (C=O) groups excluding carboxylic acids is 1. The van der Waals surface area contributed by atoms with Crippen molar-refractivity contribution in [1.29, 1.82) is 0 Å². The molecular weight excluding hydrogens is 346 g/mol. The summed E-state index contributed by atoms with van der Waals surface area (Å²) in [4.78, 5) is 19.0. The van der Waals surface area contributed by atoms with Crippen molar-refractivity contribution < 1.29 is 4.79 Å². The zero-order chi connectivity index (χ0) is 17.9. The van der Waals surface area contributed by atoms with Crippen LogP contribution in [0.4, 0.5) is 11.4 Å². The molecule has 1 N–H and O–H groups in total. The Morgan fingerprint density at radius 3 is 2.58 bits per heavy atom. The Bertz CT molecular complexity index is 940. The molecule has 1 amide bonds. The lowest BCUT2D eigenvalue weighted by molar-refractivity contribution is 0.0729. The summed E-state index contributed by atoms with van der Waals surface area (Å²) in [5, 5.41) is 3.96. The molecule has 0 aliphatic carbocycles. The van der Waals surface area contributed by atoms with Crippen molar-refractivity contribution in [2.24, 2.45) is 0 Å². The Balaban J connectivity index is 1.51. The van der Waals surface area contributed by atoms with Gasteiger partial charge < -0.3 is 10.2 Å². The highest BCUT2D eigenvalue weighted by molar-refractivity contribution is 6.30. The first-order chi connectivity index (χ1) is 12.7. The molecule has 1 aromatic heterocycles. The van der Waals surface area contributed by atoms with Crippen LogP contribution in [-0.2, 0) is 13.0 Å². The van der Waals surface area contributed by atoms with Crippen molar-refractivity contribution in [2.75, 3.05) is 11.9 Å². The van der Waals surface area contributed by atoms with Crippen LogP contribution in [0.1, 0.15) is 21.6 Å². The zero-order valence-electron chi connectivity index (χ0n) is 14.2. The molecule has 1 aliphatic rings. The first kappa shape index (κ1) is 16.6. The van der Waals surface area contributed by atoms with Crippen molar-refractivity contribution in [1.82, 2.24) is 9.88 Å². The van der Waals surface area contributed by atoms with Crippen LogP contribution >= 0.6 is 11.6 Å². The first-order valence-electron chi connectivity index (χ1n) is 8.54. The van der Waals surface area contributed by atoms with Gasteiger partial charge in [0.05, 0.1) is 0 Å². The van der Waals surface area contributed by atoms with Gasteiger partial charge in [0.15, 0.2) is 0 Å². The van der Waals surface area contributed by atoms with Gasteiger partial charge in [0.1, 0.15) is 5.69 Å². The van der Waals surface area contributed by atoms with Gasteiger partial charge in [-0.3, -0.25) is 9.78 Å². The van der Waals surface area contributed by atoms with Gasteiger partial charge in [-0.25, -0.2) is 0 Å². The molecule has 0 atom stereocenters. The molecule has 0 saturated heterocycles. The minimum atomic E-state index is -0.0424. The summed E-state index contributed by atoms with van der Waals surface area (Å²) >= 11 is 5.92. The molecule has 2 heterocycles. The number of aromatic nitrogens is 1. The van der Waals surface area contributed by atoms with Gasteiger partial charge in [0.25, 0.3) is 5.91 Å². The van der Waals surface area contributed by atoms with Crippen molar-refractivity contribution in [3.05, 3.63) is 88.7 Å². The number of hydrogen-bond acceptors (Lipinski definition) is 3. The number of nitrogens with zero attached hydrogens (tertiary/aromatic N) is 2. The highest BCUT2D eigenvalue weighted by Crippen LogP contribution is 2.22. The second-order valence-corrected chi connectivity index (χ2v) is 6.74. The Labute approximate surface area is 157 Å². The highest BCUT2D eigenvalue weighted by Gasteiger charge is 2.22. The lowest BCUT2D eigenvalue weighted by atomic mass is 10.00. The maximum atomic E-state index is 12.9. The largest absolute Gasteiger partial charge is 0.355 e. The van der Waals surface area contributed by atoms with Gasteiger partial charge in [-0.15, -0.1) is 0 Å². The normalized spacial score (nSPS) is 13.2. The number of anilines is 2. The Kier molecular flexibility index (Phi) is 4.59. The van der Waals surface area contributed by atoms with Gasteiger partial charge in [-0.05, 0) is 53.9 Å². The van der Waals surface area contributed by atoms with E-state index < -0.39 is 0 Å². The fourth-order valence-corrected chi connectivity index (χ4v) is 3.28. The van der Waals surface area contributed by atoms with Crippen LogP contribution < -0.4 is 5.32 Å². The predicted molar refractivity (Wildman–Crippen MR) is 104 cm³/mol. The number of amides is 1. The van der Waals surface area contributed by atoms with E-state index in [1.165, 1.54) is 11.1 Å². The van der Waals surface area contributed by atoms with Gasteiger partial charge in [-0.2, -0.15) is 0 Å². The number of nitrogens with one attached hydrogen (secondary N) is 1. The van der Waals surface area contributed by atoms with Crippen LogP contribution in [0.5, 0.6) is 0 Å². The van der Waals surface area contributed by atoms with Crippen LogP contribution in [0.2, 0.25) is 5.02 Å². The molecule has 130 valence electrons. The lowest BCUT2D eigenvalue weighted by Gasteiger charge is -2.28. The fraction of sp³-hybridized carbons (Fsp3) is 0.143. The number of halogens is 1. The molecule has 0 radical (unpaired) electrons. The average Bonchev–Trinajstić information content (AvgIpc) is 2.69. The summed E-state index contributed by atoms with van der Waals surface area (Å²) in [5.41, 5.74) is 4.71. The molecule has 0 spiro atoms. The summed E-state index contributed by atoms with van der Waals surface area (Å²) in [6.45, 7) is 1.35. The summed E-state index contributed by atoms with van der Waals surface area (Å²) in [5.74, 6) is -0.0424. The van der Waals surface area contributed by atoms with Crippen molar-refractivity contribution in [3.63, 3.8) is 0 Å². The highest BCUT2D eigenvalue weighted by atomic mass is 35.5. The molecule has 4 nitrogen and oxygen atoms in total. The molecule has 0 saturated carbocycles. The lowest BCUT2D eigenvalue weighted by Crippen LogP contribution is -2.36. The third-order valence-electron chi connectivity index (χ3n) is 4.53.